The van der Waals surface area contributed by atoms with Gasteiger partial charge >= 0.3 is 6.09 Å². The minimum Gasteiger partial charge on any atom is -0.444 e. The van der Waals surface area contributed by atoms with Crippen LogP contribution in [0.2, 0.25) is 0 Å². The molecule has 0 spiro atoms. The highest BCUT2D eigenvalue weighted by Crippen LogP contribution is 2.37. The Morgan fingerprint density at radius 1 is 0.439 bits per heavy atom. The molecule has 1 N–H and O–H groups in total. The number of thioether (sulfide) groups is 3. The molecular formula is C81H132N8O14S4. The van der Waals surface area contributed by atoms with Crippen molar-refractivity contribution in [3.8, 4) is 0 Å². The number of carbonyl (C=O) groups excluding carboxylic acids is 7. The van der Waals surface area contributed by atoms with Gasteiger partial charge in [-0.05, 0) is 182 Å². The molecule has 0 aromatic carbocycles. The molecule has 0 radical (unpaired) electrons. The number of amides is 3. The van der Waals surface area contributed by atoms with Crippen LogP contribution in [0.1, 0.15) is 270 Å². The highest BCUT2D eigenvalue weighted by Gasteiger charge is 2.44. The maximum atomic E-state index is 13.0. The Hall–Kier alpha value is -5.31. The predicted octanol–water partition coefficient (Wildman–Crippen LogP) is 15.2. The molecule has 4 atom stereocenters. The average molecular weight is 1570 g/mol. The van der Waals surface area contributed by atoms with Crippen LogP contribution in [0.4, 0.5) is 4.79 Å². The second-order valence-electron chi connectivity index (χ2n) is 37.0. The number of nitrogens with one attached hydrogen (secondary N) is 1. The van der Waals surface area contributed by atoms with E-state index in [-0.39, 0.29) is 86.2 Å². The average Bonchev–Trinajstić information content (AvgIpc) is 1.42. The van der Waals surface area contributed by atoms with E-state index in [1.807, 2.05) is 106 Å². The summed E-state index contributed by atoms with van der Waals surface area (Å²) in [5.74, 6) is 7.35. The Morgan fingerprint density at radius 2 is 0.738 bits per heavy atom. The van der Waals surface area contributed by atoms with Gasteiger partial charge in [0.25, 0.3) is 0 Å². The molecule has 4 saturated heterocycles. The van der Waals surface area contributed by atoms with Crippen molar-refractivity contribution >= 4 is 86.2 Å². The predicted molar refractivity (Wildman–Crippen MR) is 429 cm³/mol. The number of rotatable bonds is 24. The first-order chi connectivity index (χ1) is 49.1. The third kappa shape index (κ3) is 29.7. The minimum absolute atomic E-state index is 0.0434. The highest BCUT2D eigenvalue weighted by atomic mass is 32.2. The van der Waals surface area contributed by atoms with Gasteiger partial charge in [0.15, 0.2) is 33.0 Å². The minimum atomic E-state index is -3.70. The lowest BCUT2D eigenvalue weighted by molar-refractivity contribution is -0.131. The molecule has 0 saturated carbocycles. The number of likely N-dealkylation sites (tertiary alicyclic amines) is 3. The number of sulfone groups is 1. The molecule has 107 heavy (non-hydrogen) atoms. The number of piperidine rings is 4. The van der Waals surface area contributed by atoms with Crippen LogP contribution in [0.15, 0.2) is 42.4 Å². The van der Waals surface area contributed by atoms with Crippen LogP contribution in [0.25, 0.3) is 0 Å². The van der Waals surface area contributed by atoms with E-state index in [0.29, 0.717) is 73.1 Å². The van der Waals surface area contributed by atoms with Crippen molar-refractivity contribution in [2.75, 3.05) is 75.4 Å². The van der Waals surface area contributed by atoms with E-state index in [0.717, 1.165) is 111 Å². The molecule has 0 aliphatic carbocycles. The maximum absolute atomic E-state index is 13.0. The third-order valence-corrected chi connectivity index (χ3v) is 27.5. The summed E-state index contributed by atoms with van der Waals surface area (Å²) in [6.07, 6.45) is 8.82. The summed E-state index contributed by atoms with van der Waals surface area (Å²) in [5, 5.41) is 19.6. The van der Waals surface area contributed by atoms with E-state index in [9.17, 15) is 42.0 Å². The summed E-state index contributed by atoms with van der Waals surface area (Å²) in [4.78, 5) is 92.1. The molecule has 8 heterocycles. The Labute approximate surface area is 653 Å². The van der Waals surface area contributed by atoms with E-state index in [1.165, 1.54) is 33.6 Å². The second-order valence-corrected chi connectivity index (χ2v) is 44.5. The summed E-state index contributed by atoms with van der Waals surface area (Å²) >= 11 is 5.13. The maximum Gasteiger partial charge on any atom is 0.410 e. The molecule has 4 aromatic heterocycles. The van der Waals surface area contributed by atoms with Gasteiger partial charge in [-0.25, -0.2) is 13.2 Å². The normalized spacial score (nSPS) is 18.9. The van der Waals surface area contributed by atoms with Crippen molar-refractivity contribution in [2.45, 2.75) is 296 Å². The zero-order chi connectivity index (χ0) is 80.7. The summed E-state index contributed by atoms with van der Waals surface area (Å²) in [6, 6.07) is 7.42. The Morgan fingerprint density at radius 3 is 1.05 bits per heavy atom. The number of hydrogen-bond donors (Lipinski definition) is 1. The van der Waals surface area contributed by atoms with Crippen molar-refractivity contribution < 1.29 is 64.8 Å². The first-order valence-electron chi connectivity index (χ1n) is 38.4. The topological polar surface area (TPSA) is 289 Å². The smallest absolute Gasteiger partial charge is 0.410 e. The zero-order valence-corrected chi connectivity index (χ0v) is 72.8. The molecule has 4 aliphatic heterocycles. The molecular weight excluding hydrogens is 1440 g/mol. The zero-order valence-electron chi connectivity index (χ0n) is 69.6. The summed E-state index contributed by atoms with van der Waals surface area (Å²) in [6.45, 7) is 54.6. The number of aromatic nitrogens is 4. The van der Waals surface area contributed by atoms with Gasteiger partial charge in [-0.15, -0.1) is 35.3 Å². The number of nitrogens with zero attached hydrogens (tertiary/aromatic N) is 7. The Balaban J connectivity index is 0.000000257. The van der Waals surface area contributed by atoms with Crippen LogP contribution in [-0.2, 0) is 90.7 Å². The number of hydrogen-bond acceptors (Lipinski definition) is 22. The van der Waals surface area contributed by atoms with Gasteiger partial charge in [0.1, 0.15) is 33.4 Å². The van der Waals surface area contributed by atoms with Gasteiger partial charge in [-0.3, -0.25) is 28.8 Å². The van der Waals surface area contributed by atoms with Gasteiger partial charge in [0.2, 0.25) is 11.8 Å². The fraction of sp³-hybridized carbons (Fsp3) is 0.765. The first kappa shape index (κ1) is 92.3. The van der Waals surface area contributed by atoms with Gasteiger partial charge in [0.05, 0.1) is 68.5 Å². The van der Waals surface area contributed by atoms with Crippen LogP contribution < -0.4 is 5.32 Å². The van der Waals surface area contributed by atoms with Gasteiger partial charge in [0, 0.05) is 99.0 Å². The molecule has 8 rings (SSSR count). The Kier molecular flexibility index (Phi) is 33.0. The van der Waals surface area contributed by atoms with Crippen molar-refractivity contribution in [3.63, 3.8) is 0 Å². The molecule has 4 aliphatic rings. The van der Waals surface area contributed by atoms with Crippen LogP contribution >= 0.6 is 35.3 Å². The molecule has 26 heteroatoms. The summed E-state index contributed by atoms with van der Waals surface area (Å²) < 4.78 is 50.1. The fourth-order valence-corrected chi connectivity index (χ4v) is 17.4. The molecule has 22 nitrogen and oxygen atoms in total. The number of carbonyl (C=O) groups is 7. The fourth-order valence-electron chi connectivity index (χ4n) is 12.1. The van der Waals surface area contributed by atoms with Crippen molar-refractivity contribution in [1.82, 2.24) is 40.6 Å². The van der Waals surface area contributed by atoms with Gasteiger partial charge in [-0.2, -0.15) is 0 Å². The second kappa shape index (κ2) is 38.3. The van der Waals surface area contributed by atoms with Crippen LogP contribution in [-0.4, -0.2) is 185 Å². The first-order valence-corrected chi connectivity index (χ1v) is 43.0. The van der Waals surface area contributed by atoms with Crippen molar-refractivity contribution in [3.05, 3.63) is 70.1 Å². The quantitative estimate of drug-likeness (QED) is 0.0682. The lowest BCUT2D eigenvalue weighted by Gasteiger charge is -2.35. The van der Waals surface area contributed by atoms with Crippen LogP contribution in [0, 0.1) is 23.7 Å². The SMILES string of the molecule is CC(=O)N1CCCC(CS(=O)(=O)C(C)(C)C(=O)Cc2cc(C(C)(C)C)on2)C1.CC(=O)N1CCCC(CSC(C)(C)C(=O)Cc2cc(C(C)(C)C)on2)C1.CC(C)(C)OC(=O)N1CCCC(CSC(C)(C)C(=O)Cc2cc(C(C)(C)C)on2)C1.CC(C)(SCC1CCCNC1)C(=O)Cc1cc(C(C)(C)C)on1. The number of ether oxygens (including phenoxy) is 1. The molecule has 4 aromatic rings. The summed E-state index contributed by atoms with van der Waals surface area (Å²) in [5.41, 5.74) is 1.54. The van der Waals surface area contributed by atoms with Gasteiger partial charge in [-0.1, -0.05) is 104 Å². The number of Topliss-reactive ketones (excluding diaryl/α,β-unsaturated/α-hetero) is 4. The largest absolute Gasteiger partial charge is 0.444 e. The molecule has 4 unspecified atom stereocenters. The molecule has 604 valence electrons. The van der Waals surface area contributed by atoms with Crippen molar-refractivity contribution in [2.24, 2.45) is 23.7 Å². The molecule has 4 fully saturated rings. The summed E-state index contributed by atoms with van der Waals surface area (Å²) in [7, 11) is -3.70. The van der Waals surface area contributed by atoms with Crippen LogP contribution in [0.3, 0.4) is 0 Å². The van der Waals surface area contributed by atoms with Gasteiger partial charge < -0.3 is 42.8 Å². The lowest BCUT2D eigenvalue weighted by Crippen LogP contribution is -2.47. The van der Waals surface area contributed by atoms with E-state index >= 15 is 0 Å². The lowest BCUT2D eigenvalue weighted by atomic mass is 9.92. The monoisotopic (exact) mass is 1570 g/mol. The van der Waals surface area contributed by atoms with Crippen molar-refractivity contribution in [1.29, 1.82) is 0 Å². The molecule has 3 amide bonds. The highest BCUT2D eigenvalue weighted by molar-refractivity contribution is 8.01. The van der Waals surface area contributed by atoms with Crippen LogP contribution in [0.5, 0.6) is 0 Å². The Bertz CT molecular complexity index is 3690. The van der Waals surface area contributed by atoms with E-state index in [4.69, 9.17) is 22.8 Å². The molecule has 0 bridgehead atoms. The van der Waals surface area contributed by atoms with E-state index < -0.39 is 35.5 Å². The van der Waals surface area contributed by atoms with E-state index in [1.54, 1.807) is 58.1 Å². The van der Waals surface area contributed by atoms with E-state index in [2.05, 4.69) is 88.3 Å². The standard InChI is InChI=1S/C23H38N2O4S.C20H32N2O5S.C20H32N2O3S.C18H30N2O2S/c1-21(2,3)19-13-17(24-29-19)12-18(26)23(7,8)30-15-16-10-9-11-25(14-16)20(27)28-22(4,5)6;1-14(23)22-9-7-8-15(12-22)13-28(25,26)20(5,6)17(24)10-16-11-18(27-21-16)19(2,3)4;1-14(23)22-9-7-8-15(12-22)13-26-20(5,6)17(24)10-16-11-18(25-21-16)19(2,3)4;1-17(2,3)16-10-14(20-22-16)9-15(21)18(4,5)23-12-13-7-6-8-19-11-13/h13,16H,9-12,14-15H2,1-8H3;11,15H,7-10,12-13H2,1-6H3;11,15H,7-10,12-13H2,1-6H3;10,13,19H,6-9,11-12H2,1-5H3. The third-order valence-electron chi connectivity index (χ3n) is 20.0. The number of ketones is 4.